The van der Waals surface area contributed by atoms with Crippen LogP contribution in [0.3, 0.4) is 0 Å². The van der Waals surface area contributed by atoms with Crippen LogP contribution in [0.4, 0.5) is 0 Å². The van der Waals surface area contributed by atoms with Crippen molar-refractivity contribution in [1.82, 2.24) is 0 Å². The first-order valence-electron chi connectivity index (χ1n) is 8.89. The van der Waals surface area contributed by atoms with Crippen molar-refractivity contribution in [3.05, 3.63) is 95.1 Å². The van der Waals surface area contributed by atoms with Gasteiger partial charge >= 0.3 is 0 Å². The molecule has 2 aromatic rings. The molecular weight excluding hydrogens is 292 g/mol. The van der Waals surface area contributed by atoms with E-state index in [1.807, 2.05) is 0 Å². The van der Waals surface area contributed by atoms with Gasteiger partial charge < -0.3 is 4.74 Å². The van der Waals surface area contributed by atoms with E-state index in [1.54, 1.807) is 0 Å². The molecule has 24 heavy (non-hydrogen) atoms. The van der Waals surface area contributed by atoms with E-state index in [2.05, 4.69) is 86.7 Å². The van der Waals surface area contributed by atoms with Crippen LogP contribution in [0.1, 0.15) is 44.2 Å². The maximum Gasteiger partial charge on any atom is 0.140 e. The molecule has 1 aliphatic rings. The van der Waals surface area contributed by atoms with E-state index in [0.717, 1.165) is 25.9 Å². The summed E-state index contributed by atoms with van der Waals surface area (Å²) in [6.45, 7) is 5.11. The second-order valence-electron chi connectivity index (χ2n) is 6.47. The molecule has 0 fully saturated rings. The van der Waals surface area contributed by atoms with E-state index in [4.69, 9.17) is 4.74 Å². The van der Waals surface area contributed by atoms with Crippen molar-refractivity contribution >= 4 is 0 Å². The molecule has 124 valence electrons. The number of hydrogen-bond donors (Lipinski definition) is 0. The number of allylic oxidation sites excluding steroid dienone is 3. The van der Waals surface area contributed by atoms with Crippen molar-refractivity contribution < 1.29 is 4.74 Å². The number of hydrogen-bond acceptors (Lipinski definition) is 1. The Morgan fingerprint density at radius 2 is 1.42 bits per heavy atom. The van der Waals surface area contributed by atoms with Gasteiger partial charge in [0, 0.05) is 6.61 Å². The molecule has 0 unspecified atom stereocenters. The van der Waals surface area contributed by atoms with E-state index in [1.165, 1.54) is 22.3 Å². The summed E-state index contributed by atoms with van der Waals surface area (Å²) in [5, 5.41) is 0. The van der Waals surface area contributed by atoms with Crippen LogP contribution >= 0.6 is 0 Å². The van der Waals surface area contributed by atoms with Crippen LogP contribution in [0.5, 0.6) is 0 Å². The van der Waals surface area contributed by atoms with Crippen molar-refractivity contribution in [2.24, 2.45) is 0 Å². The van der Waals surface area contributed by atoms with E-state index < -0.39 is 5.60 Å². The average molecular weight is 318 g/mol. The highest BCUT2D eigenvalue weighted by Crippen LogP contribution is 2.44. The second kappa shape index (κ2) is 7.63. The highest BCUT2D eigenvalue weighted by atomic mass is 16.5. The molecule has 0 radical (unpaired) electrons. The zero-order valence-corrected chi connectivity index (χ0v) is 14.7. The number of benzene rings is 2. The Hall–Kier alpha value is -2.12. The van der Waals surface area contributed by atoms with Gasteiger partial charge in [-0.1, -0.05) is 85.3 Å². The van der Waals surface area contributed by atoms with Crippen molar-refractivity contribution in [1.29, 1.82) is 0 Å². The van der Waals surface area contributed by atoms with Crippen LogP contribution in [0, 0.1) is 0 Å². The Labute approximate surface area is 145 Å². The smallest absolute Gasteiger partial charge is 0.140 e. The van der Waals surface area contributed by atoms with Crippen LogP contribution in [0.15, 0.2) is 84.0 Å². The van der Waals surface area contributed by atoms with E-state index in [9.17, 15) is 0 Å². The summed E-state index contributed by atoms with van der Waals surface area (Å²) >= 11 is 0. The average Bonchev–Trinajstić information content (AvgIpc) is 2.65. The highest BCUT2D eigenvalue weighted by Gasteiger charge is 2.39. The molecule has 0 spiro atoms. The number of rotatable bonds is 6. The van der Waals surface area contributed by atoms with Crippen molar-refractivity contribution in [2.75, 3.05) is 6.61 Å². The van der Waals surface area contributed by atoms with Gasteiger partial charge in [-0.3, -0.25) is 0 Å². The zero-order chi connectivity index (χ0) is 16.8. The highest BCUT2D eigenvalue weighted by molar-refractivity contribution is 5.48. The molecule has 0 saturated heterocycles. The SMILES string of the molecule is CCCOC(C1=CC=C(C)CC1)(c1ccccc1)c1ccccc1. The molecule has 0 amide bonds. The molecule has 0 N–H and O–H groups in total. The lowest BCUT2D eigenvalue weighted by molar-refractivity contribution is 0.00759. The second-order valence-corrected chi connectivity index (χ2v) is 6.47. The molecule has 0 aromatic heterocycles. The fourth-order valence-electron chi connectivity index (χ4n) is 3.43. The Morgan fingerprint density at radius 3 is 1.88 bits per heavy atom. The summed E-state index contributed by atoms with van der Waals surface area (Å²) in [5.41, 5.74) is 4.71. The summed E-state index contributed by atoms with van der Waals surface area (Å²) in [6.07, 6.45) is 7.66. The van der Waals surface area contributed by atoms with Gasteiger partial charge in [0.15, 0.2) is 0 Å². The van der Waals surface area contributed by atoms with Gasteiger partial charge in [0.05, 0.1) is 0 Å². The van der Waals surface area contributed by atoms with Gasteiger partial charge in [0.1, 0.15) is 5.60 Å². The van der Waals surface area contributed by atoms with Gasteiger partial charge in [-0.2, -0.15) is 0 Å². The molecule has 0 heterocycles. The van der Waals surface area contributed by atoms with Crippen LogP contribution in [0.25, 0.3) is 0 Å². The first-order chi connectivity index (χ1) is 11.8. The first-order valence-corrected chi connectivity index (χ1v) is 8.89. The summed E-state index contributed by atoms with van der Waals surface area (Å²) < 4.78 is 6.63. The van der Waals surface area contributed by atoms with Crippen molar-refractivity contribution in [2.45, 2.75) is 38.7 Å². The van der Waals surface area contributed by atoms with Crippen LogP contribution in [-0.2, 0) is 10.3 Å². The first kappa shape index (κ1) is 16.7. The third-order valence-corrected chi connectivity index (χ3v) is 4.69. The Bertz CT molecular complexity index is 671. The van der Waals surface area contributed by atoms with Crippen molar-refractivity contribution in [3.63, 3.8) is 0 Å². The summed E-state index contributed by atoms with van der Waals surface area (Å²) in [4.78, 5) is 0. The molecular formula is C23H26O. The largest absolute Gasteiger partial charge is 0.361 e. The fraction of sp³-hybridized carbons (Fsp3) is 0.304. The minimum absolute atomic E-state index is 0.490. The monoisotopic (exact) mass is 318 g/mol. The third-order valence-electron chi connectivity index (χ3n) is 4.69. The predicted octanol–water partition coefficient (Wildman–Crippen LogP) is 6.02. The standard InChI is InChI=1S/C23H26O/c1-3-18-24-23(20-10-6-4-7-11-20,21-12-8-5-9-13-21)22-16-14-19(2)15-17-22/h4-14,16H,3,15,17-18H2,1-2H3. The molecule has 1 nitrogen and oxygen atoms in total. The number of ether oxygens (including phenoxy) is 1. The minimum Gasteiger partial charge on any atom is -0.361 e. The lowest BCUT2D eigenvalue weighted by Crippen LogP contribution is -2.34. The molecule has 0 atom stereocenters. The lowest BCUT2D eigenvalue weighted by Gasteiger charge is -2.38. The van der Waals surface area contributed by atoms with E-state index >= 15 is 0 Å². The van der Waals surface area contributed by atoms with E-state index in [-0.39, 0.29) is 0 Å². The topological polar surface area (TPSA) is 9.23 Å². The Kier molecular flexibility index (Phi) is 5.32. The molecule has 0 saturated carbocycles. The minimum atomic E-state index is -0.490. The van der Waals surface area contributed by atoms with Gasteiger partial charge in [0.2, 0.25) is 0 Å². The van der Waals surface area contributed by atoms with Gasteiger partial charge in [0.25, 0.3) is 0 Å². The zero-order valence-electron chi connectivity index (χ0n) is 14.7. The Balaban J connectivity index is 2.21. The molecule has 0 aliphatic heterocycles. The Morgan fingerprint density at radius 1 is 0.833 bits per heavy atom. The van der Waals surface area contributed by atoms with Crippen LogP contribution in [-0.4, -0.2) is 6.61 Å². The van der Waals surface area contributed by atoms with Gasteiger partial charge in [-0.15, -0.1) is 0 Å². The third kappa shape index (κ3) is 3.22. The molecule has 0 bridgehead atoms. The molecule has 1 heteroatoms. The maximum absolute atomic E-state index is 6.63. The summed E-state index contributed by atoms with van der Waals surface area (Å²) in [7, 11) is 0. The molecule has 2 aromatic carbocycles. The summed E-state index contributed by atoms with van der Waals surface area (Å²) in [5.74, 6) is 0. The van der Waals surface area contributed by atoms with Gasteiger partial charge in [-0.25, -0.2) is 0 Å². The normalized spacial score (nSPS) is 14.9. The van der Waals surface area contributed by atoms with Crippen LogP contribution in [0.2, 0.25) is 0 Å². The predicted molar refractivity (Wildman–Crippen MR) is 101 cm³/mol. The quantitative estimate of drug-likeness (QED) is 0.632. The summed E-state index contributed by atoms with van der Waals surface area (Å²) in [6, 6.07) is 21.3. The molecule has 1 aliphatic carbocycles. The van der Waals surface area contributed by atoms with E-state index in [0.29, 0.717) is 0 Å². The fourth-order valence-corrected chi connectivity index (χ4v) is 3.43. The van der Waals surface area contributed by atoms with Gasteiger partial charge in [-0.05, 0) is 42.9 Å². The molecule has 3 rings (SSSR count). The maximum atomic E-state index is 6.63. The lowest BCUT2D eigenvalue weighted by atomic mass is 9.76. The van der Waals surface area contributed by atoms with Crippen molar-refractivity contribution in [3.8, 4) is 0 Å². The van der Waals surface area contributed by atoms with Crippen LogP contribution < -0.4 is 0 Å².